The number of carboxylic acids is 1. The van der Waals surface area contributed by atoms with Crippen LogP contribution in [0.25, 0.3) is 0 Å². The van der Waals surface area contributed by atoms with Gasteiger partial charge in [-0.3, -0.25) is 4.90 Å². The summed E-state index contributed by atoms with van der Waals surface area (Å²) in [5, 5.41) is 11.1. The second-order valence-electron chi connectivity index (χ2n) is 4.38. The Kier molecular flexibility index (Phi) is 4.74. The average Bonchev–Trinajstić information content (AvgIpc) is 2.99. The fraction of sp³-hybridized carbons (Fsp3) is 0.357. The molecule has 0 aliphatic heterocycles. The number of carbonyl (C=O) groups is 1. The number of hydrogen-bond acceptors (Lipinski definition) is 4. The van der Waals surface area contributed by atoms with Gasteiger partial charge in [0.05, 0.1) is 0 Å². The summed E-state index contributed by atoms with van der Waals surface area (Å²) in [4.78, 5) is 16.2. The molecule has 1 N–H and O–H groups in total. The molecule has 0 radical (unpaired) electrons. The van der Waals surface area contributed by atoms with E-state index in [0.29, 0.717) is 4.88 Å². The van der Waals surface area contributed by atoms with Crippen LogP contribution in [-0.4, -0.2) is 22.5 Å². The first-order valence-corrected chi connectivity index (χ1v) is 7.87. The Hall–Kier alpha value is -1.17. The van der Waals surface area contributed by atoms with Crippen LogP contribution < -0.4 is 0 Å². The van der Waals surface area contributed by atoms with E-state index in [2.05, 4.69) is 29.3 Å². The Balaban J connectivity index is 2.07. The Morgan fingerprint density at radius 1 is 1.42 bits per heavy atom. The smallest absolute Gasteiger partial charge is 0.345 e. The molecule has 2 heterocycles. The zero-order valence-electron chi connectivity index (χ0n) is 11.0. The van der Waals surface area contributed by atoms with E-state index in [1.54, 1.807) is 17.4 Å². The standard InChI is InChI=1S/C14H17NO2S2/c1-3-15(9-12-5-4-6-18-12)8-11-7-13(14(16)17)19-10(11)2/h4-7H,3,8-9H2,1-2H3,(H,16,17). The van der Waals surface area contributed by atoms with Crippen molar-refractivity contribution in [1.82, 2.24) is 4.90 Å². The predicted octanol–water partition coefficient (Wildman–Crippen LogP) is 3.84. The van der Waals surface area contributed by atoms with E-state index >= 15 is 0 Å². The zero-order valence-corrected chi connectivity index (χ0v) is 12.7. The second kappa shape index (κ2) is 6.32. The molecule has 0 aliphatic rings. The lowest BCUT2D eigenvalue weighted by Crippen LogP contribution is -2.21. The first kappa shape index (κ1) is 14.2. The van der Waals surface area contributed by atoms with Gasteiger partial charge in [0.1, 0.15) is 4.88 Å². The summed E-state index contributed by atoms with van der Waals surface area (Å²) in [6.07, 6.45) is 0. The monoisotopic (exact) mass is 295 g/mol. The number of aryl methyl sites for hydroxylation is 1. The van der Waals surface area contributed by atoms with Gasteiger partial charge in [0.2, 0.25) is 0 Å². The van der Waals surface area contributed by atoms with Gasteiger partial charge in [-0.2, -0.15) is 0 Å². The third-order valence-corrected chi connectivity index (χ3v) is 4.97. The summed E-state index contributed by atoms with van der Waals surface area (Å²) in [6.45, 7) is 6.81. The van der Waals surface area contributed by atoms with Gasteiger partial charge in [-0.15, -0.1) is 22.7 Å². The molecule has 2 aromatic rings. The van der Waals surface area contributed by atoms with Crippen molar-refractivity contribution in [3.63, 3.8) is 0 Å². The van der Waals surface area contributed by atoms with Gasteiger partial charge in [0, 0.05) is 22.8 Å². The highest BCUT2D eigenvalue weighted by Gasteiger charge is 2.13. The molecule has 0 saturated heterocycles. The zero-order chi connectivity index (χ0) is 13.8. The number of thiophene rings is 2. The van der Waals surface area contributed by atoms with Gasteiger partial charge in [-0.05, 0) is 36.5 Å². The molecule has 0 saturated carbocycles. The summed E-state index contributed by atoms with van der Waals surface area (Å²) >= 11 is 3.12. The highest BCUT2D eigenvalue weighted by molar-refractivity contribution is 7.14. The molecule has 0 fully saturated rings. The van der Waals surface area contributed by atoms with Crippen molar-refractivity contribution in [1.29, 1.82) is 0 Å². The van der Waals surface area contributed by atoms with E-state index < -0.39 is 5.97 Å². The molecule has 0 bridgehead atoms. The van der Waals surface area contributed by atoms with Crippen LogP contribution in [0.15, 0.2) is 23.6 Å². The maximum Gasteiger partial charge on any atom is 0.345 e. The fourth-order valence-electron chi connectivity index (χ4n) is 1.93. The van der Waals surface area contributed by atoms with Gasteiger partial charge >= 0.3 is 5.97 Å². The van der Waals surface area contributed by atoms with Crippen LogP contribution in [0.1, 0.15) is 31.9 Å². The summed E-state index contributed by atoms with van der Waals surface area (Å²) in [5.74, 6) is -0.833. The molecule has 102 valence electrons. The van der Waals surface area contributed by atoms with Crippen molar-refractivity contribution in [2.75, 3.05) is 6.54 Å². The summed E-state index contributed by atoms with van der Waals surface area (Å²) in [6, 6.07) is 6.00. The Labute approximate surface area is 121 Å². The summed E-state index contributed by atoms with van der Waals surface area (Å²) in [5.41, 5.74) is 1.13. The van der Waals surface area contributed by atoms with Gasteiger partial charge in [-0.25, -0.2) is 4.79 Å². The summed E-state index contributed by atoms with van der Waals surface area (Å²) < 4.78 is 0. The molecular formula is C14H17NO2S2. The number of rotatable bonds is 6. The van der Waals surface area contributed by atoms with E-state index in [0.717, 1.165) is 30.1 Å². The van der Waals surface area contributed by atoms with Crippen molar-refractivity contribution in [2.45, 2.75) is 26.9 Å². The Morgan fingerprint density at radius 3 is 2.74 bits per heavy atom. The molecule has 0 unspecified atom stereocenters. The van der Waals surface area contributed by atoms with E-state index in [1.807, 2.05) is 6.92 Å². The number of aromatic carboxylic acids is 1. The molecule has 0 atom stereocenters. The molecule has 3 nitrogen and oxygen atoms in total. The number of carboxylic acid groups (broad SMARTS) is 1. The highest BCUT2D eigenvalue weighted by Crippen LogP contribution is 2.24. The molecule has 0 spiro atoms. The van der Waals surface area contributed by atoms with E-state index in [1.165, 1.54) is 16.2 Å². The first-order valence-electron chi connectivity index (χ1n) is 6.17. The van der Waals surface area contributed by atoms with Crippen molar-refractivity contribution in [3.05, 3.63) is 43.8 Å². The molecule has 5 heteroatoms. The summed E-state index contributed by atoms with van der Waals surface area (Å²) in [7, 11) is 0. The van der Waals surface area contributed by atoms with Gasteiger partial charge in [0.25, 0.3) is 0 Å². The SMILES string of the molecule is CCN(Cc1cccs1)Cc1cc(C(=O)O)sc1C. The van der Waals surface area contributed by atoms with Crippen molar-refractivity contribution >= 4 is 28.6 Å². The number of nitrogens with zero attached hydrogens (tertiary/aromatic N) is 1. The van der Waals surface area contributed by atoms with E-state index in [4.69, 9.17) is 5.11 Å². The third-order valence-electron chi connectivity index (χ3n) is 3.03. The van der Waals surface area contributed by atoms with Crippen LogP contribution in [0.4, 0.5) is 0 Å². The molecule has 2 aromatic heterocycles. The maximum absolute atomic E-state index is 11.0. The quantitative estimate of drug-likeness (QED) is 0.880. The molecule has 0 aromatic carbocycles. The minimum atomic E-state index is -0.833. The van der Waals surface area contributed by atoms with Crippen LogP contribution in [0.2, 0.25) is 0 Å². The van der Waals surface area contributed by atoms with Crippen molar-refractivity contribution in [2.24, 2.45) is 0 Å². The van der Waals surface area contributed by atoms with Crippen molar-refractivity contribution < 1.29 is 9.90 Å². The lowest BCUT2D eigenvalue weighted by Gasteiger charge is -2.19. The minimum Gasteiger partial charge on any atom is -0.477 e. The van der Waals surface area contributed by atoms with E-state index in [-0.39, 0.29) is 0 Å². The largest absolute Gasteiger partial charge is 0.477 e. The Bertz CT molecular complexity index is 546. The van der Waals surface area contributed by atoms with Crippen LogP contribution in [0, 0.1) is 6.92 Å². The fourth-order valence-corrected chi connectivity index (χ4v) is 3.54. The Morgan fingerprint density at radius 2 is 2.21 bits per heavy atom. The molecule has 0 amide bonds. The van der Waals surface area contributed by atoms with Gasteiger partial charge in [0.15, 0.2) is 0 Å². The van der Waals surface area contributed by atoms with Crippen LogP contribution >= 0.6 is 22.7 Å². The lowest BCUT2D eigenvalue weighted by molar-refractivity contribution is 0.0702. The second-order valence-corrected chi connectivity index (χ2v) is 6.67. The number of hydrogen-bond donors (Lipinski definition) is 1. The van der Waals surface area contributed by atoms with Gasteiger partial charge < -0.3 is 5.11 Å². The topological polar surface area (TPSA) is 40.5 Å². The van der Waals surface area contributed by atoms with Gasteiger partial charge in [-0.1, -0.05) is 13.0 Å². The van der Waals surface area contributed by atoms with E-state index in [9.17, 15) is 4.79 Å². The van der Waals surface area contributed by atoms with Crippen molar-refractivity contribution in [3.8, 4) is 0 Å². The highest BCUT2D eigenvalue weighted by atomic mass is 32.1. The first-order chi connectivity index (χ1) is 9.10. The van der Waals surface area contributed by atoms with Crippen LogP contribution in [-0.2, 0) is 13.1 Å². The molecule has 19 heavy (non-hydrogen) atoms. The third kappa shape index (κ3) is 3.65. The molecular weight excluding hydrogens is 278 g/mol. The minimum absolute atomic E-state index is 0.430. The normalized spacial score (nSPS) is 11.1. The maximum atomic E-state index is 11.0. The average molecular weight is 295 g/mol. The molecule has 2 rings (SSSR count). The molecule has 0 aliphatic carbocycles. The predicted molar refractivity (Wildman–Crippen MR) is 80.1 cm³/mol. The lowest BCUT2D eigenvalue weighted by atomic mass is 10.2. The van der Waals surface area contributed by atoms with Crippen LogP contribution in [0.3, 0.4) is 0 Å². The van der Waals surface area contributed by atoms with Crippen LogP contribution in [0.5, 0.6) is 0 Å².